The van der Waals surface area contributed by atoms with Crippen molar-refractivity contribution in [1.29, 1.82) is 0 Å². The fraction of sp³-hybridized carbons (Fsp3) is 0.111. The number of rotatable bonds is 4. The van der Waals surface area contributed by atoms with Crippen molar-refractivity contribution in [3.05, 3.63) is 64.8 Å². The fourth-order valence-corrected chi connectivity index (χ4v) is 2.75. The lowest BCUT2D eigenvalue weighted by atomic mass is 10.1. The highest BCUT2D eigenvalue weighted by Crippen LogP contribution is 2.23. The number of fused-ring (bicyclic) bond motifs is 1. The molecule has 0 saturated carbocycles. The first kappa shape index (κ1) is 16.9. The van der Waals surface area contributed by atoms with E-state index in [2.05, 4.69) is 15.8 Å². The Morgan fingerprint density at radius 2 is 1.96 bits per heavy atom. The Balaban J connectivity index is 1.64. The summed E-state index contributed by atoms with van der Waals surface area (Å²) in [5.41, 5.74) is 6.76. The first-order valence-electron chi connectivity index (χ1n) is 7.56. The molecule has 0 fully saturated rings. The number of ether oxygens (including phenoxy) is 1. The van der Waals surface area contributed by atoms with Crippen LogP contribution in [0, 0.1) is 0 Å². The van der Waals surface area contributed by atoms with Crippen LogP contribution in [0.25, 0.3) is 10.9 Å². The normalized spacial score (nSPS) is 10.5. The number of halogens is 1. The Bertz CT molecular complexity index is 936. The van der Waals surface area contributed by atoms with E-state index in [1.165, 1.54) is 7.11 Å². The minimum Gasteiger partial charge on any atom is -0.496 e. The molecule has 0 aliphatic carbocycles. The molecule has 0 radical (unpaired) electrons. The Labute approximate surface area is 149 Å². The lowest BCUT2D eigenvalue weighted by molar-refractivity contribution is -0.121. The summed E-state index contributed by atoms with van der Waals surface area (Å²) in [5, 5.41) is 1.29. The Hall–Kier alpha value is -2.99. The maximum Gasteiger partial charge on any atom is 0.271 e. The summed E-state index contributed by atoms with van der Waals surface area (Å²) in [6.07, 6.45) is 1.63. The van der Waals surface area contributed by atoms with E-state index in [0.29, 0.717) is 21.9 Å². The number of methoxy groups -OCH3 is 1. The van der Waals surface area contributed by atoms with Crippen LogP contribution in [-0.2, 0) is 11.2 Å². The number of aromatic amines is 1. The van der Waals surface area contributed by atoms with E-state index in [9.17, 15) is 9.59 Å². The molecular weight excluding hydrogens is 342 g/mol. The van der Waals surface area contributed by atoms with Gasteiger partial charge in [-0.25, -0.2) is 0 Å². The highest BCUT2D eigenvalue weighted by Gasteiger charge is 2.14. The van der Waals surface area contributed by atoms with Crippen molar-refractivity contribution in [2.45, 2.75) is 6.42 Å². The van der Waals surface area contributed by atoms with Crippen LogP contribution in [0.3, 0.4) is 0 Å². The predicted octanol–water partition coefficient (Wildman–Crippen LogP) is 2.83. The van der Waals surface area contributed by atoms with Crippen LogP contribution in [0.5, 0.6) is 5.75 Å². The first-order valence-corrected chi connectivity index (χ1v) is 7.94. The summed E-state index contributed by atoms with van der Waals surface area (Å²) in [4.78, 5) is 27.4. The number of hydrazine groups is 1. The molecule has 3 N–H and O–H groups in total. The maximum absolute atomic E-state index is 12.3. The van der Waals surface area contributed by atoms with Crippen molar-refractivity contribution in [3.63, 3.8) is 0 Å². The zero-order chi connectivity index (χ0) is 17.8. The standard InChI is InChI=1S/C18H16ClN3O3/c1-25-16-7-6-12(19)8-11(16)9-17(23)21-22-18(24)14-10-20-15-5-3-2-4-13(14)15/h2-8,10,20H,9H2,1H3,(H,21,23)(H,22,24). The lowest BCUT2D eigenvalue weighted by Crippen LogP contribution is -2.42. The van der Waals surface area contributed by atoms with E-state index < -0.39 is 5.91 Å². The number of hydrogen-bond acceptors (Lipinski definition) is 3. The van der Waals surface area contributed by atoms with E-state index in [4.69, 9.17) is 16.3 Å². The van der Waals surface area contributed by atoms with Gasteiger partial charge in [0.1, 0.15) is 5.75 Å². The molecule has 7 heteroatoms. The van der Waals surface area contributed by atoms with Crippen LogP contribution in [0.2, 0.25) is 5.02 Å². The third-order valence-corrected chi connectivity index (χ3v) is 3.98. The quantitative estimate of drug-likeness (QED) is 0.628. The molecule has 1 aromatic heterocycles. The zero-order valence-corrected chi connectivity index (χ0v) is 14.2. The van der Waals surface area contributed by atoms with E-state index in [-0.39, 0.29) is 12.3 Å². The smallest absolute Gasteiger partial charge is 0.271 e. The van der Waals surface area contributed by atoms with Gasteiger partial charge in [-0.3, -0.25) is 20.4 Å². The lowest BCUT2D eigenvalue weighted by Gasteiger charge is -2.10. The molecule has 3 aromatic rings. The second-order valence-corrected chi connectivity index (χ2v) is 5.82. The molecule has 6 nitrogen and oxygen atoms in total. The average Bonchev–Trinajstić information content (AvgIpc) is 3.04. The van der Waals surface area contributed by atoms with Crippen LogP contribution in [0.4, 0.5) is 0 Å². The number of aromatic nitrogens is 1. The molecule has 0 bridgehead atoms. The SMILES string of the molecule is COc1ccc(Cl)cc1CC(=O)NNC(=O)c1c[nH]c2ccccc12. The number of benzene rings is 2. The third-order valence-electron chi connectivity index (χ3n) is 3.74. The molecule has 0 unspecified atom stereocenters. The second-order valence-electron chi connectivity index (χ2n) is 5.38. The molecule has 25 heavy (non-hydrogen) atoms. The van der Waals surface area contributed by atoms with Crippen molar-refractivity contribution in [1.82, 2.24) is 15.8 Å². The molecule has 2 aromatic carbocycles. The van der Waals surface area contributed by atoms with Gasteiger partial charge in [-0.2, -0.15) is 0 Å². The third kappa shape index (κ3) is 3.75. The van der Waals surface area contributed by atoms with E-state index in [0.717, 1.165) is 10.9 Å². The number of amides is 2. The van der Waals surface area contributed by atoms with E-state index in [1.807, 2.05) is 24.3 Å². The minimum absolute atomic E-state index is 0.0257. The number of carbonyl (C=O) groups is 2. The van der Waals surface area contributed by atoms with Crippen LogP contribution >= 0.6 is 11.6 Å². The van der Waals surface area contributed by atoms with Gasteiger partial charge in [-0.05, 0) is 24.3 Å². The Morgan fingerprint density at radius 3 is 2.76 bits per heavy atom. The number of H-pyrrole nitrogens is 1. The largest absolute Gasteiger partial charge is 0.496 e. The van der Waals surface area contributed by atoms with Gasteiger partial charge in [0.05, 0.1) is 19.1 Å². The summed E-state index contributed by atoms with van der Waals surface area (Å²) >= 11 is 5.95. The summed E-state index contributed by atoms with van der Waals surface area (Å²) < 4.78 is 5.20. The molecule has 3 rings (SSSR count). The first-order chi connectivity index (χ1) is 12.1. The van der Waals surface area contributed by atoms with Crippen LogP contribution in [0.1, 0.15) is 15.9 Å². The highest BCUT2D eigenvalue weighted by molar-refractivity contribution is 6.30. The topological polar surface area (TPSA) is 83.2 Å². The summed E-state index contributed by atoms with van der Waals surface area (Å²) in [5.74, 6) is -0.222. The van der Waals surface area contributed by atoms with Gasteiger partial charge < -0.3 is 9.72 Å². The van der Waals surface area contributed by atoms with Gasteiger partial charge >= 0.3 is 0 Å². The molecule has 0 spiro atoms. The van der Waals surface area contributed by atoms with Crippen LogP contribution in [0.15, 0.2) is 48.7 Å². The summed E-state index contributed by atoms with van der Waals surface area (Å²) in [6, 6.07) is 12.4. The molecule has 0 aliphatic heterocycles. The van der Waals surface area contributed by atoms with Crippen molar-refractivity contribution in [2.24, 2.45) is 0 Å². The Kier molecular flexibility index (Phi) is 4.90. The van der Waals surface area contributed by atoms with Gasteiger partial charge in [0.2, 0.25) is 5.91 Å². The second kappa shape index (κ2) is 7.27. The Morgan fingerprint density at radius 1 is 1.16 bits per heavy atom. The molecule has 1 heterocycles. The van der Waals surface area contributed by atoms with E-state index >= 15 is 0 Å². The van der Waals surface area contributed by atoms with Crippen molar-refractivity contribution >= 4 is 34.3 Å². The number of carbonyl (C=O) groups excluding carboxylic acids is 2. The van der Waals surface area contributed by atoms with Gasteiger partial charge in [0, 0.05) is 27.7 Å². The molecule has 0 saturated heterocycles. The fourth-order valence-electron chi connectivity index (χ4n) is 2.56. The van der Waals surface area contributed by atoms with Crippen molar-refractivity contribution in [2.75, 3.05) is 7.11 Å². The summed E-state index contributed by atoms with van der Waals surface area (Å²) in [6.45, 7) is 0. The summed E-state index contributed by atoms with van der Waals surface area (Å²) in [7, 11) is 1.52. The van der Waals surface area contributed by atoms with Crippen molar-refractivity contribution < 1.29 is 14.3 Å². The average molecular weight is 358 g/mol. The molecular formula is C18H16ClN3O3. The zero-order valence-electron chi connectivity index (χ0n) is 13.4. The van der Waals surface area contributed by atoms with E-state index in [1.54, 1.807) is 24.4 Å². The number of hydrogen-bond donors (Lipinski definition) is 3. The van der Waals surface area contributed by atoms with Crippen LogP contribution in [-0.4, -0.2) is 23.9 Å². The molecule has 2 amide bonds. The highest BCUT2D eigenvalue weighted by atomic mass is 35.5. The maximum atomic E-state index is 12.3. The number of para-hydroxylation sites is 1. The predicted molar refractivity (Wildman–Crippen MR) is 95.6 cm³/mol. The van der Waals surface area contributed by atoms with Gasteiger partial charge in [0.25, 0.3) is 5.91 Å². The minimum atomic E-state index is -0.399. The monoisotopic (exact) mass is 357 g/mol. The van der Waals surface area contributed by atoms with Gasteiger partial charge in [-0.1, -0.05) is 29.8 Å². The van der Waals surface area contributed by atoms with Crippen molar-refractivity contribution in [3.8, 4) is 5.75 Å². The van der Waals surface area contributed by atoms with Crippen LogP contribution < -0.4 is 15.6 Å². The van der Waals surface area contributed by atoms with Gasteiger partial charge in [-0.15, -0.1) is 0 Å². The molecule has 128 valence electrons. The number of nitrogens with one attached hydrogen (secondary N) is 3. The van der Waals surface area contributed by atoms with Gasteiger partial charge in [0.15, 0.2) is 0 Å². The molecule has 0 atom stereocenters. The molecule has 0 aliphatic rings.